The Labute approximate surface area is 246 Å². The van der Waals surface area contributed by atoms with Gasteiger partial charge in [-0.15, -0.1) is 0 Å². The Morgan fingerprint density at radius 2 is 1.86 bits per heavy atom. The molecule has 12 nitrogen and oxygen atoms in total. The topological polar surface area (TPSA) is 136 Å². The van der Waals surface area contributed by atoms with Gasteiger partial charge in [-0.25, -0.2) is 9.78 Å². The summed E-state index contributed by atoms with van der Waals surface area (Å²) in [5, 5.41) is 0. The summed E-state index contributed by atoms with van der Waals surface area (Å²) in [6.07, 6.45) is 7.58. The molecule has 3 fully saturated rings. The largest absolute Gasteiger partial charge is 0.471 e. The van der Waals surface area contributed by atoms with Crippen LogP contribution in [-0.4, -0.2) is 88.2 Å². The molecule has 42 heavy (non-hydrogen) atoms. The molecule has 230 valence electrons. The number of methoxy groups -OCH3 is 1. The lowest BCUT2D eigenvalue weighted by Gasteiger charge is -2.52. The van der Waals surface area contributed by atoms with Gasteiger partial charge in [-0.3, -0.25) is 18.8 Å². The van der Waals surface area contributed by atoms with Crippen LogP contribution in [-0.2, 0) is 27.8 Å². The number of likely N-dealkylation sites (tertiary alicyclic amines) is 1. The molecule has 0 radical (unpaired) electrons. The number of nitrogens with zero attached hydrogens (tertiary/aromatic N) is 5. The van der Waals surface area contributed by atoms with E-state index in [-0.39, 0.29) is 41.9 Å². The van der Waals surface area contributed by atoms with E-state index in [2.05, 4.69) is 11.9 Å². The van der Waals surface area contributed by atoms with Gasteiger partial charge in [0, 0.05) is 37.9 Å². The number of aromatic nitrogens is 4. The molecule has 2 saturated heterocycles. The standard InChI is InChI=1S/C30H44N6O6/c1-19(21-10-8-14-34(21)2)42-27-22-26(36(15-16-39-4)28(38)35(22)3)32-25(33-27)23(37)20-9-7-12-29(24(20)31)11-5-6-13-30(29)40-17-18-41-30/h19,21H,5-18,31H2,1-4H3/t19-,21-,29-/m0/s1. The molecule has 2 aliphatic heterocycles. The molecule has 12 heteroatoms. The van der Waals surface area contributed by atoms with E-state index in [0.29, 0.717) is 48.7 Å². The minimum absolute atomic E-state index is 0.0191. The zero-order chi connectivity index (χ0) is 29.6. The predicted octanol–water partition coefficient (Wildman–Crippen LogP) is 2.52. The number of allylic oxidation sites excluding steroid dienone is 1. The Balaban J connectivity index is 1.46. The monoisotopic (exact) mass is 584 g/mol. The Morgan fingerprint density at radius 1 is 1.12 bits per heavy atom. The van der Waals surface area contributed by atoms with Crippen molar-refractivity contribution in [2.45, 2.75) is 89.2 Å². The summed E-state index contributed by atoms with van der Waals surface area (Å²) < 4.78 is 27.3. The zero-order valence-electron chi connectivity index (χ0n) is 25.3. The molecule has 4 heterocycles. The van der Waals surface area contributed by atoms with E-state index in [1.807, 2.05) is 6.92 Å². The lowest BCUT2D eigenvalue weighted by atomic mass is 9.61. The first-order chi connectivity index (χ1) is 20.2. The Kier molecular flexibility index (Phi) is 7.92. The molecule has 2 aromatic heterocycles. The molecule has 6 rings (SSSR count). The maximum absolute atomic E-state index is 14.3. The van der Waals surface area contributed by atoms with Crippen LogP contribution in [0, 0.1) is 5.41 Å². The van der Waals surface area contributed by atoms with Crippen LogP contribution in [0.15, 0.2) is 16.1 Å². The van der Waals surface area contributed by atoms with Gasteiger partial charge in [0.2, 0.25) is 17.5 Å². The number of ketones is 1. The predicted molar refractivity (Wildman–Crippen MR) is 155 cm³/mol. The highest BCUT2D eigenvalue weighted by Gasteiger charge is 2.60. The number of nitrogens with two attached hydrogens (primary N) is 1. The molecule has 2 N–H and O–H groups in total. The fraction of sp³-hybridized carbons (Fsp3) is 0.733. The van der Waals surface area contributed by atoms with E-state index < -0.39 is 11.2 Å². The van der Waals surface area contributed by atoms with Gasteiger partial charge in [-0.05, 0) is 65.5 Å². The summed E-state index contributed by atoms with van der Waals surface area (Å²) in [5.41, 5.74) is 8.00. The van der Waals surface area contributed by atoms with E-state index in [0.717, 1.165) is 57.9 Å². The van der Waals surface area contributed by atoms with Crippen molar-refractivity contribution in [3.05, 3.63) is 27.6 Å². The van der Waals surface area contributed by atoms with Crippen LogP contribution in [0.2, 0.25) is 0 Å². The summed E-state index contributed by atoms with van der Waals surface area (Å²) in [4.78, 5) is 39.3. The van der Waals surface area contributed by atoms with Gasteiger partial charge >= 0.3 is 5.69 Å². The number of aryl methyl sites for hydroxylation is 1. The zero-order valence-corrected chi connectivity index (χ0v) is 25.3. The number of carbonyl (C=O) groups is 1. The number of Topliss-reactive ketones (excluding diaryl/α,β-unsaturated/α-hetero) is 1. The molecule has 2 spiro atoms. The number of ether oxygens (including phenoxy) is 4. The SMILES string of the molecule is COCCn1c(=O)n(C)c2c(O[C@@H](C)[C@@H]3CCCN3C)nc(C(=O)C3=C(N)[C@]4(CCCCC45OCCO5)CCC3)nc21. The minimum atomic E-state index is -0.789. The molecule has 2 aromatic rings. The summed E-state index contributed by atoms with van der Waals surface area (Å²) in [7, 11) is 5.34. The fourth-order valence-corrected chi connectivity index (χ4v) is 7.86. The Morgan fingerprint density at radius 3 is 2.57 bits per heavy atom. The number of hydrogen-bond donors (Lipinski definition) is 1. The third-order valence-electron chi connectivity index (χ3n) is 10.1. The number of carbonyl (C=O) groups excluding carboxylic acids is 1. The number of likely N-dealkylation sites (N-methyl/N-ethyl adjacent to an activating group) is 1. The third-order valence-corrected chi connectivity index (χ3v) is 10.1. The maximum atomic E-state index is 14.3. The second-order valence-electron chi connectivity index (χ2n) is 12.3. The van der Waals surface area contributed by atoms with Crippen molar-refractivity contribution in [2.24, 2.45) is 18.2 Å². The number of imidazole rings is 1. The summed E-state index contributed by atoms with van der Waals surface area (Å²) >= 11 is 0. The molecule has 0 aromatic carbocycles. The smallest absolute Gasteiger partial charge is 0.330 e. The lowest BCUT2D eigenvalue weighted by molar-refractivity contribution is -0.248. The molecule has 1 saturated carbocycles. The van der Waals surface area contributed by atoms with Gasteiger partial charge in [0.15, 0.2) is 17.0 Å². The van der Waals surface area contributed by atoms with E-state index in [9.17, 15) is 9.59 Å². The van der Waals surface area contributed by atoms with Gasteiger partial charge in [-0.1, -0.05) is 6.42 Å². The second-order valence-corrected chi connectivity index (χ2v) is 12.3. The first-order valence-corrected chi connectivity index (χ1v) is 15.4. The summed E-state index contributed by atoms with van der Waals surface area (Å²) in [5.74, 6) is -0.914. The van der Waals surface area contributed by atoms with Crippen LogP contribution in [0.1, 0.15) is 75.3 Å². The molecule has 4 aliphatic rings. The van der Waals surface area contributed by atoms with Crippen molar-refractivity contribution in [1.82, 2.24) is 24.0 Å². The fourth-order valence-electron chi connectivity index (χ4n) is 7.86. The molecule has 0 unspecified atom stereocenters. The van der Waals surface area contributed by atoms with Crippen molar-refractivity contribution in [3.63, 3.8) is 0 Å². The van der Waals surface area contributed by atoms with Crippen molar-refractivity contribution in [2.75, 3.05) is 40.5 Å². The number of hydrogen-bond acceptors (Lipinski definition) is 10. The highest BCUT2D eigenvalue weighted by Crippen LogP contribution is 2.57. The van der Waals surface area contributed by atoms with Crippen LogP contribution in [0.5, 0.6) is 5.88 Å². The van der Waals surface area contributed by atoms with Gasteiger partial charge in [0.05, 0.1) is 31.8 Å². The van der Waals surface area contributed by atoms with E-state index in [1.165, 1.54) is 9.13 Å². The summed E-state index contributed by atoms with van der Waals surface area (Å²) in [6.45, 7) is 4.66. The van der Waals surface area contributed by atoms with Gasteiger partial charge in [0.25, 0.3) is 0 Å². The van der Waals surface area contributed by atoms with Crippen LogP contribution < -0.4 is 16.2 Å². The molecule has 2 aliphatic carbocycles. The average Bonchev–Trinajstić information content (AvgIpc) is 3.70. The summed E-state index contributed by atoms with van der Waals surface area (Å²) in [6, 6.07) is 0.201. The van der Waals surface area contributed by atoms with Crippen molar-refractivity contribution in [1.29, 1.82) is 0 Å². The van der Waals surface area contributed by atoms with Crippen molar-refractivity contribution in [3.8, 4) is 5.88 Å². The molecule has 0 amide bonds. The van der Waals surface area contributed by atoms with Gasteiger partial charge in [0.1, 0.15) is 6.10 Å². The first-order valence-electron chi connectivity index (χ1n) is 15.4. The van der Waals surface area contributed by atoms with Gasteiger partial charge < -0.3 is 24.7 Å². The maximum Gasteiger partial charge on any atom is 0.330 e. The number of fused-ring (bicyclic) bond motifs is 2. The quantitative estimate of drug-likeness (QED) is 0.461. The molecule has 3 atom stereocenters. The lowest BCUT2D eigenvalue weighted by Crippen LogP contribution is -2.56. The van der Waals surface area contributed by atoms with Crippen LogP contribution in [0.25, 0.3) is 11.2 Å². The highest BCUT2D eigenvalue weighted by molar-refractivity contribution is 6.07. The minimum Gasteiger partial charge on any atom is -0.471 e. The average molecular weight is 585 g/mol. The van der Waals surface area contributed by atoms with Crippen LogP contribution >= 0.6 is 0 Å². The van der Waals surface area contributed by atoms with Gasteiger partial charge in [-0.2, -0.15) is 4.98 Å². The molecular weight excluding hydrogens is 540 g/mol. The van der Waals surface area contributed by atoms with E-state index in [1.54, 1.807) is 14.2 Å². The molecular formula is C30H44N6O6. The Bertz CT molecular complexity index is 1440. The van der Waals surface area contributed by atoms with Crippen molar-refractivity contribution >= 4 is 16.9 Å². The first kappa shape index (κ1) is 29.3. The normalized spacial score (nSPS) is 27.0. The second kappa shape index (κ2) is 11.4. The number of rotatable bonds is 8. The Hall–Kier alpha value is -2.80. The van der Waals surface area contributed by atoms with E-state index >= 15 is 0 Å². The van der Waals surface area contributed by atoms with Crippen LogP contribution in [0.3, 0.4) is 0 Å². The third kappa shape index (κ3) is 4.58. The van der Waals surface area contributed by atoms with Crippen LogP contribution in [0.4, 0.5) is 0 Å². The van der Waals surface area contributed by atoms with Crippen molar-refractivity contribution < 1.29 is 23.7 Å². The molecule has 0 bridgehead atoms. The van der Waals surface area contributed by atoms with E-state index in [4.69, 9.17) is 34.6 Å². The highest BCUT2D eigenvalue weighted by atomic mass is 16.7.